The number of carbonyl (C=O) groups is 1. The molecule has 18 heavy (non-hydrogen) atoms. The Bertz CT molecular complexity index is 457. The van der Waals surface area contributed by atoms with Gasteiger partial charge >= 0.3 is 0 Å². The van der Waals surface area contributed by atoms with Gasteiger partial charge in [-0.1, -0.05) is 0 Å². The molecule has 98 valence electrons. The molecule has 0 aliphatic heterocycles. The van der Waals surface area contributed by atoms with Crippen molar-refractivity contribution in [2.45, 2.75) is 25.8 Å². The van der Waals surface area contributed by atoms with Crippen molar-refractivity contribution in [2.75, 3.05) is 11.9 Å². The highest BCUT2D eigenvalue weighted by molar-refractivity contribution is 5.79. The number of hydrogen-bond acceptors (Lipinski definition) is 5. The molecule has 0 saturated carbocycles. The van der Waals surface area contributed by atoms with Gasteiger partial charge in [-0.25, -0.2) is 0 Å². The molecule has 0 fully saturated rings. The normalized spacial score (nSPS) is 11.1. The fraction of sp³-hybridized carbons (Fsp3) is 0.417. The molecular weight excluding hydrogens is 236 g/mol. The molecule has 2 N–H and O–H groups in total. The van der Waals surface area contributed by atoms with Crippen LogP contribution in [0.5, 0.6) is 0 Å². The van der Waals surface area contributed by atoms with E-state index in [1.807, 2.05) is 13.8 Å². The molecule has 6 heteroatoms. The number of nitro groups is 1. The summed E-state index contributed by atoms with van der Waals surface area (Å²) < 4.78 is 0. The Hall–Kier alpha value is -1.95. The number of benzene rings is 1. The molecule has 1 aromatic carbocycles. The van der Waals surface area contributed by atoms with Crippen molar-refractivity contribution in [3.05, 3.63) is 33.9 Å². The van der Waals surface area contributed by atoms with Gasteiger partial charge < -0.3 is 10.4 Å². The third-order valence-corrected chi connectivity index (χ3v) is 2.56. The van der Waals surface area contributed by atoms with Crippen molar-refractivity contribution < 1.29 is 14.8 Å². The minimum Gasteiger partial charge on any atom is -0.396 e. The first-order valence-corrected chi connectivity index (χ1v) is 5.52. The van der Waals surface area contributed by atoms with Crippen LogP contribution in [-0.2, 0) is 0 Å². The van der Waals surface area contributed by atoms with Crippen molar-refractivity contribution in [2.24, 2.45) is 0 Å². The van der Waals surface area contributed by atoms with Gasteiger partial charge in [0.2, 0.25) is 0 Å². The van der Waals surface area contributed by atoms with E-state index >= 15 is 0 Å². The lowest BCUT2D eigenvalue weighted by Crippen LogP contribution is -2.32. The number of aliphatic hydroxyl groups excluding tert-OH is 1. The van der Waals surface area contributed by atoms with Gasteiger partial charge in [0.1, 0.15) is 12.0 Å². The molecule has 0 bridgehead atoms. The van der Waals surface area contributed by atoms with Gasteiger partial charge in [-0.2, -0.15) is 0 Å². The molecule has 0 radical (unpaired) electrons. The van der Waals surface area contributed by atoms with Crippen molar-refractivity contribution in [1.29, 1.82) is 0 Å². The molecular formula is C12H16N2O4. The van der Waals surface area contributed by atoms with E-state index in [9.17, 15) is 14.9 Å². The van der Waals surface area contributed by atoms with Crippen LogP contribution >= 0.6 is 0 Å². The van der Waals surface area contributed by atoms with Crippen LogP contribution in [0.2, 0.25) is 0 Å². The summed E-state index contributed by atoms with van der Waals surface area (Å²) in [6.45, 7) is 3.65. The number of aldehydes is 1. The SMILES string of the molecule is CC(C)(CCO)Nc1ccc(C=O)cc1[N+](=O)[O-]. The average Bonchev–Trinajstić information content (AvgIpc) is 2.28. The van der Waals surface area contributed by atoms with E-state index in [1.165, 1.54) is 18.2 Å². The van der Waals surface area contributed by atoms with E-state index in [1.54, 1.807) is 0 Å². The van der Waals surface area contributed by atoms with Crippen LogP contribution in [0, 0.1) is 10.1 Å². The molecule has 0 aromatic heterocycles. The number of nitro benzene ring substituents is 1. The van der Waals surface area contributed by atoms with Crippen LogP contribution in [0.15, 0.2) is 18.2 Å². The first kappa shape index (κ1) is 14.1. The lowest BCUT2D eigenvalue weighted by molar-refractivity contribution is -0.384. The number of nitrogens with zero attached hydrogens (tertiary/aromatic N) is 1. The minimum absolute atomic E-state index is 0.0137. The Morgan fingerprint density at radius 3 is 2.67 bits per heavy atom. The summed E-state index contributed by atoms with van der Waals surface area (Å²) in [5.74, 6) is 0. The predicted octanol–water partition coefficient (Wildman–Crippen LogP) is 1.98. The molecule has 0 heterocycles. The van der Waals surface area contributed by atoms with Crippen LogP contribution in [0.25, 0.3) is 0 Å². The van der Waals surface area contributed by atoms with Gasteiger partial charge in [0.05, 0.1) is 4.92 Å². The molecule has 1 rings (SSSR count). The molecule has 0 aliphatic rings. The van der Waals surface area contributed by atoms with Crippen LogP contribution in [0.4, 0.5) is 11.4 Å². The van der Waals surface area contributed by atoms with E-state index in [0.717, 1.165) is 0 Å². The molecule has 0 amide bonds. The number of hydrogen-bond donors (Lipinski definition) is 2. The standard InChI is InChI=1S/C12H16N2O4/c1-12(2,5-6-15)13-10-4-3-9(8-16)7-11(10)14(17)18/h3-4,7-8,13,15H,5-6H2,1-2H3. The highest BCUT2D eigenvalue weighted by Crippen LogP contribution is 2.28. The van der Waals surface area contributed by atoms with Gasteiger partial charge in [-0.15, -0.1) is 0 Å². The molecule has 0 spiro atoms. The third-order valence-electron chi connectivity index (χ3n) is 2.56. The Balaban J connectivity index is 3.08. The fourth-order valence-electron chi connectivity index (χ4n) is 1.59. The topological polar surface area (TPSA) is 92.5 Å². The average molecular weight is 252 g/mol. The fourth-order valence-corrected chi connectivity index (χ4v) is 1.59. The Kier molecular flexibility index (Phi) is 4.38. The van der Waals surface area contributed by atoms with Crippen molar-refractivity contribution >= 4 is 17.7 Å². The maximum absolute atomic E-state index is 10.9. The molecule has 0 aliphatic carbocycles. The molecule has 6 nitrogen and oxygen atoms in total. The van der Waals surface area contributed by atoms with E-state index in [0.29, 0.717) is 18.4 Å². The maximum atomic E-state index is 10.9. The number of aliphatic hydroxyl groups is 1. The molecule has 0 unspecified atom stereocenters. The molecule has 1 aromatic rings. The van der Waals surface area contributed by atoms with Crippen LogP contribution in [0.3, 0.4) is 0 Å². The summed E-state index contributed by atoms with van der Waals surface area (Å²) >= 11 is 0. The number of nitrogens with one attached hydrogen (secondary N) is 1. The number of rotatable bonds is 6. The second-order valence-electron chi connectivity index (χ2n) is 4.63. The highest BCUT2D eigenvalue weighted by Gasteiger charge is 2.22. The zero-order chi connectivity index (χ0) is 13.8. The Morgan fingerprint density at radius 1 is 1.50 bits per heavy atom. The summed E-state index contributed by atoms with van der Waals surface area (Å²) in [7, 11) is 0. The van der Waals surface area contributed by atoms with E-state index in [4.69, 9.17) is 5.11 Å². The second-order valence-corrected chi connectivity index (χ2v) is 4.63. The summed E-state index contributed by atoms with van der Waals surface area (Å²) in [5, 5.41) is 22.9. The lowest BCUT2D eigenvalue weighted by Gasteiger charge is -2.26. The summed E-state index contributed by atoms with van der Waals surface area (Å²) in [5.41, 5.74) is -0.0238. The number of anilines is 1. The van der Waals surface area contributed by atoms with E-state index in [-0.39, 0.29) is 17.9 Å². The minimum atomic E-state index is -0.537. The number of carbonyl (C=O) groups excluding carboxylic acids is 1. The van der Waals surface area contributed by atoms with Crippen LogP contribution < -0.4 is 5.32 Å². The largest absolute Gasteiger partial charge is 0.396 e. The monoisotopic (exact) mass is 252 g/mol. The lowest BCUT2D eigenvalue weighted by atomic mass is 10.0. The maximum Gasteiger partial charge on any atom is 0.293 e. The summed E-state index contributed by atoms with van der Waals surface area (Å²) in [6.07, 6.45) is 1.02. The van der Waals surface area contributed by atoms with Gasteiger partial charge in [0.15, 0.2) is 0 Å². The zero-order valence-corrected chi connectivity index (χ0v) is 10.3. The highest BCUT2D eigenvalue weighted by atomic mass is 16.6. The van der Waals surface area contributed by atoms with Crippen LogP contribution in [-0.4, -0.2) is 28.5 Å². The second kappa shape index (κ2) is 5.59. The van der Waals surface area contributed by atoms with E-state index in [2.05, 4.69) is 5.32 Å². The smallest absolute Gasteiger partial charge is 0.293 e. The quantitative estimate of drug-likeness (QED) is 0.459. The Morgan fingerprint density at radius 2 is 2.17 bits per heavy atom. The van der Waals surface area contributed by atoms with Crippen molar-refractivity contribution in [3.8, 4) is 0 Å². The van der Waals surface area contributed by atoms with Gasteiger partial charge in [0.25, 0.3) is 5.69 Å². The van der Waals surface area contributed by atoms with E-state index < -0.39 is 10.5 Å². The summed E-state index contributed by atoms with van der Waals surface area (Å²) in [6, 6.07) is 4.24. The first-order chi connectivity index (χ1) is 8.39. The van der Waals surface area contributed by atoms with Crippen LogP contribution in [0.1, 0.15) is 30.6 Å². The first-order valence-electron chi connectivity index (χ1n) is 5.52. The zero-order valence-electron chi connectivity index (χ0n) is 10.3. The van der Waals surface area contributed by atoms with Crippen molar-refractivity contribution in [3.63, 3.8) is 0 Å². The molecule has 0 saturated heterocycles. The van der Waals surface area contributed by atoms with Gasteiger partial charge in [-0.3, -0.25) is 14.9 Å². The summed E-state index contributed by atoms with van der Waals surface area (Å²) in [4.78, 5) is 21.0. The third kappa shape index (κ3) is 3.53. The van der Waals surface area contributed by atoms with Gasteiger partial charge in [0, 0.05) is 23.8 Å². The van der Waals surface area contributed by atoms with Crippen molar-refractivity contribution in [1.82, 2.24) is 0 Å². The Labute approximate surface area is 105 Å². The van der Waals surface area contributed by atoms with Gasteiger partial charge in [-0.05, 0) is 32.4 Å². The molecule has 0 atom stereocenters. The predicted molar refractivity (Wildman–Crippen MR) is 67.9 cm³/mol.